The number of hydrogen-bond donors (Lipinski definition) is 3. The first kappa shape index (κ1) is 33.5. The number of likely N-dealkylation sites (tertiary alicyclic amines) is 1. The number of benzene rings is 2. The second kappa shape index (κ2) is 13.5. The van der Waals surface area contributed by atoms with E-state index in [1.165, 1.54) is 6.07 Å². The van der Waals surface area contributed by atoms with Crippen LogP contribution in [0.15, 0.2) is 60.8 Å². The van der Waals surface area contributed by atoms with Gasteiger partial charge >= 0.3 is 18.2 Å². The third-order valence-electron chi connectivity index (χ3n) is 6.99. The van der Waals surface area contributed by atoms with Crippen LogP contribution in [0.25, 0.3) is 11.1 Å². The SMILES string of the molecule is CC(C)(C)[C@@H](NC[C@@H]1CN(C(=O)O)C[C@@H]1F)c1cc(-c2cc(F)ccc2F)cn1Cc1ccccc1.O=C(O)C(F)(F)F. The maximum Gasteiger partial charge on any atom is 0.490 e. The van der Waals surface area contributed by atoms with E-state index in [-0.39, 0.29) is 36.7 Å². The number of carbonyl (C=O) groups is 2. The number of amides is 1. The minimum Gasteiger partial charge on any atom is -0.475 e. The van der Waals surface area contributed by atoms with Crippen molar-refractivity contribution in [3.8, 4) is 11.1 Å². The number of aromatic nitrogens is 1. The maximum atomic E-state index is 14.7. The van der Waals surface area contributed by atoms with Gasteiger partial charge in [-0.3, -0.25) is 0 Å². The third-order valence-corrected chi connectivity index (χ3v) is 6.99. The molecule has 4 rings (SSSR count). The van der Waals surface area contributed by atoms with Crippen LogP contribution < -0.4 is 5.32 Å². The number of nitrogens with zero attached hydrogens (tertiary/aromatic N) is 2. The normalized spacial score (nSPS) is 17.7. The highest BCUT2D eigenvalue weighted by molar-refractivity contribution is 5.73. The van der Waals surface area contributed by atoms with Gasteiger partial charge in [-0.05, 0) is 35.2 Å². The lowest BCUT2D eigenvalue weighted by Crippen LogP contribution is -2.39. The van der Waals surface area contributed by atoms with Crippen LogP contribution in [-0.2, 0) is 11.3 Å². The number of carboxylic acids is 1. The quantitative estimate of drug-likeness (QED) is 0.257. The lowest BCUT2D eigenvalue weighted by atomic mass is 9.84. The molecule has 0 aliphatic carbocycles. The van der Waals surface area contributed by atoms with Crippen LogP contribution in [0.2, 0.25) is 0 Å². The summed E-state index contributed by atoms with van der Waals surface area (Å²) in [5, 5.41) is 19.8. The topological polar surface area (TPSA) is 94.8 Å². The fraction of sp³-hybridized carbons (Fsp3) is 0.400. The van der Waals surface area contributed by atoms with Gasteiger partial charge in [0.15, 0.2) is 0 Å². The van der Waals surface area contributed by atoms with Crippen molar-refractivity contribution in [1.29, 1.82) is 0 Å². The molecule has 0 spiro atoms. The molecule has 0 saturated carbocycles. The number of aliphatic carboxylic acids is 1. The third kappa shape index (κ3) is 8.99. The largest absolute Gasteiger partial charge is 0.490 e. The number of alkyl halides is 4. The van der Waals surface area contributed by atoms with Crippen molar-refractivity contribution in [2.75, 3.05) is 19.6 Å². The molecule has 1 aromatic heterocycles. The molecule has 0 unspecified atom stereocenters. The van der Waals surface area contributed by atoms with Gasteiger partial charge in [0.2, 0.25) is 0 Å². The molecule has 3 N–H and O–H groups in total. The van der Waals surface area contributed by atoms with Crippen LogP contribution in [0, 0.1) is 23.0 Å². The van der Waals surface area contributed by atoms with E-state index in [4.69, 9.17) is 9.90 Å². The molecule has 1 aliphatic rings. The number of nitrogens with one attached hydrogen (secondary N) is 1. The molecular weight excluding hydrogens is 580 g/mol. The fourth-order valence-corrected chi connectivity index (χ4v) is 4.86. The van der Waals surface area contributed by atoms with Gasteiger partial charge in [-0.15, -0.1) is 0 Å². The van der Waals surface area contributed by atoms with Crippen LogP contribution in [0.4, 0.5) is 31.1 Å². The van der Waals surface area contributed by atoms with Gasteiger partial charge in [-0.25, -0.2) is 22.8 Å². The summed E-state index contributed by atoms with van der Waals surface area (Å²) in [6.45, 7) is 6.96. The first-order valence-corrected chi connectivity index (χ1v) is 13.3. The van der Waals surface area contributed by atoms with E-state index in [0.29, 0.717) is 12.1 Å². The zero-order valence-corrected chi connectivity index (χ0v) is 23.7. The maximum absolute atomic E-state index is 14.7. The monoisotopic (exact) mass is 613 g/mol. The van der Waals surface area contributed by atoms with Crippen LogP contribution in [0.1, 0.15) is 38.1 Å². The van der Waals surface area contributed by atoms with E-state index >= 15 is 0 Å². The van der Waals surface area contributed by atoms with Crippen LogP contribution in [-0.4, -0.2) is 63.7 Å². The van der Waals surface area contributed by atoms with Crippen LogP contribution >= 0.6 is 0 Å². The molecule has 1 saturated heterocycles. The van der Waals surface area contributed by atoms with Gasteiger partial charge in [0, 0.05) is 48.6 Å². The Labute approximate surface area is 244 Å². The van der Waals surface area contributed by atoms with Gasteiger partial charge in [0.05, 0.1) is 12.6 Å². The van der Waals surface area contributed by atoms with Crippen molar-refractivity contribution < 1.29 is 46.1 Å². The van der Waals surface area contributed by atoms with Crippen molar-refractivity contribution in [1.82, 2.24) is 14.8 Å². The standard InChI is InChI=1S/C28H32F3N3O2.C2HF3O2/c1-28(2,3)26(32-13-20-16-34(27(35)36)17-24(20)31)25-11-19(22-12-21(29)9-10-23(22)30)15-33(25)14-18-7-5-4-6-8-18;3-2(4,5)1(6)7/h4-12,15,20,24,26,32H,13-14,16-17H2,1-3H3,(H,35,36);(H,6,7)/t20-,24+,26+;/m1./s1. The van der Waals surface area contributed by atoms with Crippen molar-refractivity contribution >= 4 is 12.1 Å². The smallest absolute Gasteiger partial charge is 0.475 e. The predicted octanol–water partition coefficient (Wildman–Crippen LogP) is 6.74. The summed E-state index contributed by atoms with van der Waals surface area (Å²) in [7, 11) is 0. The summed E-state index contributed by atoms with van der Waals surface area (Å²) < 4.78 is 77.0. The lowest BCUT2D eigenvalue weighted by molar-refractivity contribution is -0.192. The first-order chi connectivity index (χ1) is 20.0. The molecule has 3 atom stereocenters. The van der Waals surface area contributed by atoms with Gasteiger partial charge in [-0.2, -0.15) is 13.2 Å². The Hall–Kier alpha value is -4.00. The molecular formula is C30H33F6N3O4. The number of halogens is 6. The van der Waals surface area contributed by atoms with Crippen molar-refractivity contribution in [2.24, 2.45) is 11.3 Å². The van der Waals surface area contributed by atoms with Crippen molar-refractivity contribution in [3.63, 3.8) is 0 Å². The minimum absolute atomic E-state index is 0.130. The molecule has 0 bridgehead atoms. The summed E-state index contributed by atoms with van der Waals surface area (Å²) in [4.78, 5) is 21.3. The zero-order chi connectivity index (χ0) is 32.1. The Kier molecular flexibility index (Phi) is 10.5. The molecule has 1 amide bonds. The Morgan fingerprint density at radius 1 is 1.00 bits per heavy atom. The zero-order valence-electron chi connectivity index (χ0n) is 23.7. The highest BCUT2D eigenvalue weighted by atomic mass is 19.4. The highest BCUT2D eigenvalue weighted by Gasteiger charge is 2.39. The lowest BCUT2D eigenvalue weighted by Gasteiger charge is -2.34. The van der Waals surface area contributed by atoms with Crippen molar-refractivity contribution in [3.05, 3.63) is 83.7 Å². The molecule has 43 heavy (non-hydrogen) atoms. The second-order valence-corrected chi connectivity index (χ2v) is 11.4. The second-order valence-electron chi connectivity index (χ2n) is 11.4. The van der Waals surface area contributed by atoms with Gasteiger partial charge < -0.3 is 25.0 Å². The molecule has 1 aliphatic heterocycles. The summed E-state index contributed by atoms with van der Waals surface area (Å²) in [5.41, 5.74) is 2.31. The molecule has 234 valence electrons. The minimum atomic E-state index is -5.08. The average molecular weight is 614 g/mol. The Morgan fingerprint density at radius 3 is 2.16 bits per heavy atom. The fourth-order valence-electron chi connectivity index (χ4n) is 4.86. The van der Waals surface area contributed by atoms with E-state index in [9.17, 15) is 36.2 Å². The summed E-state index contributed by atoms with van der Waals surface area (Å²) in [6.07, 6.45) is -5.63. The van der Waals surface area contributed by atoms with E-state index in [0.717, 1.165) is 28.3 Å². The Bertz CT molecular complexity index is 1410. The molecule has 1 fully saturated rings. The molecule has 0 radical (unpaired) electrons. The summed E-state index contributed by atoms with van der Waals surface area (Å²) >= 11 is 0. The van der Waals surface area contributed by atoms with Gasteiger partial charge in [-0.1, -0.05) is 51.1 Å². The van der Waals surface area contributed by atoms with Crippen LogP contribution in [0.3, 0.4) is 0 Å². The predicted molar refractivity (Wildman–Crippen MR) is 147 cm³/mol. The van der Waals surface area contributed by atoms with E-state index in [2.05, 4.69) is 26.1 Å². The number of hydrogen-bond acceptors (Lipinski definition) is 3. The summed E-state index contributed by atoms with van der Waals surface area (Å²) in [5.74, 6) is -4.26. The van der Waals surface area contributed by atoms with E-state index < -0.39 is 42.0 Å². The van der Waals surface area contributed by atoms with E-state index in [1.54, 1.807) is 0 Å². The van der Waals surface area contributed by atoms with Crippen molar-refractivity contribution in [2.45, 2.75) is 45.7 Å². The number of rotatable bonds is 7. The summed E-state index contributed by atoms with van der Waals surface area (Å²) in [6, 6.07) is 14.8. The Balaban J connectivity index is 0.000000646. The molecule has 3 aromatic rings. The molecule has 2 aromatic carbocycles. The van der Waals surface area contributed by atoms with Crippen LogP contribution in [0.5, 0.6) is 0 Å². The highest BCUT2D eigenvalue weighted by Crippen LogP contribution is 2.37. The molecule has 13 heteroatoms. The Morgan fingerprint density at radius 2 is 1.63 bits per heavy atom. The molecule has 2 heterocycles. The molecule has 7 nitrogen and oxygen atoms in total. The first-order valence-electron chi connectivity index (χ1n) is 13.3. The van der Waals surface area contributed by atoms with Gasteiger partial charge in [0.25, 0.3) is 0 Å². The van der Waals surface area contributed by atoms with Gasteiger partial charge in [0.1, 0.15) is 17.8 Å². The average Bonchev–Trinajstić information content (AvgIpc) is 3.49. The number of carboxylic acid groups (broad SMARTS) is 2. The van der Waals surface area contributed by atoms with E-state index in [1.807, 2.05) is 47.2 Å².